The lowest BCUT2D eigenvalue weighted by Gasteiger charge is -2.22. The van der Waals surface area contributed by atoms with Crippen LogP contribution >= 0.6 is 11.6 Å². The van der Waals surface area contributed by atoms with E-state index in [1.807, 2.05) is 42.5 Å². The number of benzene rings is 2. The van der Waals surface area contributed by atoms with Crippen molar-refractivity contribution in [2.75, 3.05) is 11.9 Å². The fourth-order valence-corrected chi connectivity index (χ4v) is 3.29. The van der Waals surface area contributed by atoms with Crippen LogP contribution in [-0.2, 0) is 0 Å². The topological polar surface area (TPSA) is 71.3 Å². The third-order valence-corrected chi connectivity index (χ3v) is 4.58. The first-order valence-electron chi connectivity index (χ1n) is 8.43. The largest absolute Gasteiger partial charge is 0.337 e. The second-order valence-corrected chi connectivity index (χ2v) is 6.55. The Morgan fingerprint density at radius 3 is 2.85 bits per heavy atom. The molecule has 0 bridgehead atoms. The Balaban J connectivity index is 1.52. The lowest BCUT2D eigenvalue weighted by molar-refractivity contribution is 0.193. The van der Waals surface area contributed by atoms with Crippen molar-refractivity contribution < 1.29 is 9.32 Å². The normalized spacial score (nSPS) is 16.7. The molecule has 4 rings (SSSR count). The van der Waals surface area contributed by atoms with E-state index in [9.17, 15) is 4.79 Å². The van der Waals surface area contributed by atoms with E-state index in [4.69, 9.17) is 16.1 Å². The quantitative estimate of drug-likeness (QED) is 0.723. The molecule has 0 saturated carbocycles. The maximum absolute atomic E-state index is 12.6. The second-order valence-electron chi connectivity index (χ2n) is 6.11. The Morgan fingerprint density at radius 1 is 1.19 bits per heavy atom. The molecule has 2 amide bonds. The van der Waals surface area contributed by atoms with Gasteiger partial charge in [0, 0.05) is 22.8 Å². The summed E-state index contributed by atoms with van der Waals surface area (Å²) in [6.07, 6.45) is 1.68. The SMILES string of the molecule is O=C(Nc1ccccc1)N1CCC[C@@H]1c1nc(-c2cccc(Cl)c2)no1. The van der Waals surface area contributed by atoms with Crippen molar-refractivity contribution in [2.24, 2.45) is 0 Å². The lowest BCUT2D eigenvalue weighted by Crippen LogP contribution is -2.34. The Morgan fingerprint density at radius 2 is 2.04 bits per heavy atom. The molecule has 2 aromatic carbocycles. The van der Waals surface area contributed by atoms with Gasteiger partial charge in [-0.1, -0.05) is 47.1 Å². The monoisotopic (exact) mass is 368 g/mol. The smallest absolute Gasteiger partial charge is 0.322 e. The molecule has 3 aromatic rings. The predicted octanol–water partition coefficient (Wildman–Crippen LogP) is 4.76. The van der Waals surface area contributed by atoms with E-state index in [-0.39, 0.29) is 12.1 Å². The first kappa shape index (κ1) is 16.6. The summed E-state index contributed by atoms with van der Waals surface area (Å²) in [6, 6.07) is 16.3. The maximum Gasteiger partial charge on any atom is 0.322 e. The van der Waals surface area contributed by atoms with Gasteiger partial charge in [0.1, 0.15) is 6.04 Å². The number of carbonyl (C=O) groups excluding carboxylic acids is 1. The Bertz CT molecular complexity index is 913. The first-order valence-corrected chi connectivity index (χ1v) is 8.81. The summed E-state index contributed by atoms with van der Waals surface area (Å²) >= 11 is 6.02. The minimum atomic E-state index is -0.223. The molecular weight excluding hydrogens is 352 g/mol. The van der Waals surface area contributed by atoms with Crippen molar-refractivity contribution in [3.8, 4) is 11.4 Å². The molecule has 7 heteroatoms. The Hall–Kier alpha value is -2.86. The number of para-hydroxylation sites is 1. The number of aromatic nitrogens is 2. The molecule has 26 heavy (non-hydrogen) atoms. The van der Waals surface area contributed by atoms with Gasteiger partial charge in [-0.2, -0.15) is 4.98 Å². The number of nitrogens with zero attached hydrogens (tertiary/aromatic N) is 3. The van der Waals surface area contributed by atoms with Crippen LogP contribution in [0, 0.1) is 0 Å². The average molecular weight is 369 g/mol. The summed E-state index contributed by atoms with van der Waals surface area (Å²) in [4.78, 5) is 18.9. The molecule has 1 aliphatic heterocycles. The summed E-state index contributed by atoms with van der Waals surface area (Å²) in [7, 11) is 0. The number of hydrogen-bond acceptors (Lipinski definition) is 4. The van der Waals surface area contributed by atoms with E-state index < -0.39 is 0 Å². The van der Waals surface area contributed by atoms with E-state index in [2.05, 4.69) is 15.5 Å². The number of urea groups is 1. The standard InChI is InChI=1S/C19H17ClN4O2/c20-14-7-4-6-13(12-14)17-22-18(26-23-17)16-10-5-11-24(16)19(25)21-15-8-2-1-3-9-15/h1-4,6-9,12,16H,5,10-11H2,(H,21,25)/t16-/m1/s1. The highest BCUT2D eigenvalue weighted by atomic mass is 35.5. The third-order valence-electron chi connectivity index (χ3n) is 4.35. The number of halogens is 1. The van der Waals surface area contributed by atoms with Crippen LogP contribution in [0.4, 0.5) is 10.5 Å². The highest BCUT2D eigenvalue weighted by Gasteiger charge is 2.34. The van der Waals surface area contributed by atoms with Gasteiger partial charge in [0.2, 0.25) is 11.7 Å². The summed E-state index contributed by atoms with van der Waals surface area (Å²) in [5.41, 5.74) is 1.54. The highest BCUT2D eigenvalue weighted by molar-refractivity contribution is 6.30. The van der Waals surface area contributed by atoms with Gasteiger partial charge in [0.05, 0.1) is 0 Å². The summed E-state index contributed by atoms with van der Waals surface area (Å²) in [5.74, 6) is 0.915. The number of carbonyl (C=O) groups is 1. The van der Waals surface area contributed by atoms with Crippen molar-refractivity contribution in [3.63, 3.8) is 0 Å². The highest BCUT2D eigenvalue weighted by Crippen LogP contribution is 2.32. The van der Waals surface area contributed by atoms with Gasteiger partial charge < -0.3 is 14.7 Å². The fraction of sp³-hybridized carbons (Fsp3) is 0.211. The molecule has 0 spiro atoms. The zero-order valence-corrected chi connectivity index (χ0v) is 14.7. The van der Waals surface area contributed by atoms with Gasteiger partial charge in [0.15, 0.2) is 0 Å². The third kappa shape index (κ3) is 3.41. The van der Waals surface area contributed by atoms with Crippen LogP contribution in [0.3, 0.4) is 0 Å². The summed E-state index contributed by atoms with van der Waals surface area (Å²) < 4.78 is 5.45. The minimum Gasteiger partial charge on any atom is -0.337 e. The van der Waals surface area contributed by atoms with Crippen LogP contribution in [0.2, 0.25) is 5.02 Å². The molecule has 1 aromatic heterocycles. The minimum absolute atomic E-state index is 0.166. The van der Waals surface area contributed by atoms with Gasteiger partial charge in [-0.25, -0.2) is 4.79 Å². The van der Waals surface area contributed by atoms with E-state index in [1.165, 1.54) is 0 Å². The van der Waals surface area contributed by atoms with Crippen LogP contribution < -0.4 is 5.32 Å². The molecule has 0 radical (unpaired) electrons. The molecule has 6 nitrogen and oxygen atoms in total. The van der Waals surface area contributed by atoms with Gasteiger partial charge in [-0.05, 0) is 37.1 Å². The molecule has 0 aliphatic carbocycles. The average Bonchev–Trinajstić information content (AvgIpc) is 3.32. The van der Waals surface area contributed by atoms with Crippen molar-refractivity contribution in [2.45, 2.75) is 18.9 Å². The number of anilines is 1. The maximum atomic E-state index is 12.6. The Labute approximate surface area is 155 Å². The molecule has 1 saturated heterocycles. The molecule has 1 atom stereocenters. The summed E-state index contributed by atoms with van der Waals surface area (Å²) in [5, 5.41) is 7.57. The molecule has 132 valence electrons. The number of amides is 2. The zero-order chi connectivity index (χ0) is 17.9. The molecule has 1 N–H and O–H groups in total. The number of hydrogen-bond donors (Lipinski definition) is 1. The van der Waals surface area contributed by atoms with Crippen molar-refractivity contribution in [1.29, 1.82) is 0 Å². The van der Waals surface area contributed by atoms with Crippen LogP contribution in [0.5, 0.6) is 0 Å². The fourth-order valence-electron chi connectivity index (χ4n) is 3.10. The lowest BCUT2D eigenvalue weighted by atomic mass is 10.2. The van der Waals surface area contributed by atoms with Crippen molar-refractivity contribution in [3.05, 3.63) is 65.5 Å². The molecular formula is C19H17ClN4O2. The van der Waals surface area contributed by atoms with Crippen LogP contribution in [-0.4, -0.2) is 27.6 Å². The van der Waals surface area contributed by atoms with Gasteiger partial charge in [0.25, 0.3) is 0 Å². The van der Waals surface area contributed by atoms with Crippen molar-refractivity contribution in [1.82, 2.24) is 15.0 Å². The van der Waals surface area contributed by atoms with Crippen molar-refractivity contribution >= 4 is 23.3 Å². The molecule has 1 aliphatic rings. The van der Waals surface area contributed by atoms with E-state index >= 15 is 0 Å². The zero-order valence-electron chi connectivity index (χ0n) is 13.9. The molecule has 2 heterocycles. The van der Waals surface area contributed by atoms with E-state index in [0.717, 1.165) is 24.1 Å². The Kier molecular flexibility index (Phi) is 4.58. The number of nitrogens with one attached hydrogen (secondary N) is 1. The number of rotatable bonds is 3. The van der Waals surface area contributed by atoms with Gasteiger partial charge >= 0.3 is 6.03 Å². The number of likely N-dealkylation sites (tertiary alicyclic amines) is 1. The van der Waals surface area contributed by atoms with Gasteiger partial charge in [-0.15, -0.1) is 0 Å². The summed E-state index contributed by atoms with van der Waals surface area (Å²) in [6.45, 7) is 0.651. The van der Waals surface area contributed by atoms with E-state index in [1.54, 1.807) is 17.0 Å². The second kappa shape index (κ2) is 7.17. The van der Waals surface area contributed by atoms with E-state index in [0.29, 0.717) is 23.3 Å². The van der Waals surface area contributed by atoms with Crippen LogP contribution in [0.15, 0.2) is 59.1 Å². The van der Waals surface area contributed by atoms with Gasteiger partial charge in [-0.3, -0.25) is 0 Å². The first-order chi connectivity index (χ1) is 12.7. The van der Waals surface area contributed by atoms with Crippen LogP contribution in [0.1, 0.15) is 24.8 Å². The van der Waals surface area contributed by atoms with Crippen LogP contribution in [0.25, 0.3) is 11.4 Å². The molecule has 1 fully saturated rings. The predicted molar refractivity (Wildman–Crippen MR) is 98.9 cm³/mol. The molecule has 0 unspecified atom stereocenters.